The van der Waals surface area contributed by atoms with E-state index < -0.39 is 0 Å². The van der Waals surface area contributed by atoms with Gasteiger partial charge in [-0.3, -0.25) is 0 Å². The molecule has 2 aromatic heterocycles. The number of benzene rings is 1. The van der Waals surface area contributed by atoms with Crippen LogP contribution in [0.2, 0.25) is 0 Å². The van der Waals surface area contributed by atoms with Crippen molar-refractivity contribution in [2.24, 2.45) is 0 Å². The molecule has 0 aliphatic rings. The maximum absolute atomic E-state index is 13.0. The highest BCUT2D eigenvalue weighted by molar-refractivity contribution is 7.22. The number of anilines is 1. The molecule has 1 N–H and O–H groups in total. The van der Waals surface area contributed by atoms with E-state index in [1.54, 1.807) is 6.07 Å². The summed E-state index contributed by atoms with van der Waals surface area (Å²) in [6.45, 7) is 0.429. The second kappa shape index (κ2) is 4.10. The Balaban J connectivity index is 1.81. The van der Waals surface area contributed by atoms with Gasteiger partial charge in [0, 0.05) is 0 Å². The second-order valence-electron chi connectivity index (χ2n) is 3.33. The monoisotopic (exact) mass is 250 g/mol. The first-order chi connectivity index (χ1) is 8.31. The van der Waals surface area contributed by atoms with Crippen LogP contribution in [-0.4, -0.2) is 15.1 Å². The summed E-state index contributed by atoms with van der Waals surface area (Å²) in [5, 5.41) is 7.43. The molecular weight excluding hydrogens is 243 g/mol. The molecule has 0 bridgehead atoms. The van der Waals surface area contributed by atoms with Crippen molar-refractivity contribution in [2.75, 3.05) is 5.32 Å². The van der Waals surface area contributed by atoms with Gasteiger partial charge in [-0.15, -0.1) is 0 Å². The summed E-state index contributed by atoms with van der Waals surface area (Å²) in [4.78, 5) is 8.18. The highest BCUT2D eigenvalue weighted by Gasteiger charge is 2.05. The minimum absolute atomic E-state index is 0.258. The van der Waals surface area contributed by atoms with Gasteiger partial charge >= 0.3 is 0 Å². The number of halogens is 1. The van der Waals surface area contributed by atoms with E-state index in [1.165, 1.54) is 29.9 Å². The van der Waals surface area contributed by atoms with E-state index >= 15 is 0 Å². The van der Waals surface area contributed by atoms with Gasteiger partial charge in [0.1, 0.15) is 5.82 Å². The third kappa shape index (κ3) is 2.09. The highest BCUT2D eigenvalue weighted by Crippen LogP contribution is 2.26. The number of nitrogens with zero attached hydrogens (tertiary/aromatic N) is 3. The Labute approximate surface area is 99.3 Å². The van der Waals surface area contributed by atoms with Crippen LogP contribution in [0, 0.1) is 5.82 Å². The van der Waals surface area contributed by atoms with Gasteiger partial charge in [0.05, 0.1) is 16.8 Å². The zero-order valence-electron chi connectivity index (χ0n) is 8.55. The fourth-order valence-corrected chi connectivity index (χ4v) is 2.29. The molecule has 0 saturated carbocycles. The highest BCUT2D eigenvalue weighted by atomic mass is 32.1. The number of hydrogen-bond acceptors (Lipinski definition) is 6. The van der Waals surface area contributed by atoms with Crippen molar-refractivity contribution in [3.05, 3.63) is 36.2 Å². The van der Waals surface area contributed by atoms with Crippen molar-refractivity contribution < 1.29 is 8.91 Å². The van der Waals surface area contributed by atoms with E-state index in [0.717, 1.165) is 10.2 Å². The lowest BCUT2D eigenvalue weighted by Crippen LogP contribution is -2.00. The van der Waals surface area contributed by atoms with Crippen LogP contribution >= 0.6 is 11.3 Å². The van der Waals surface area contributed by atoms with E-state index in [1.807, 2.05) is 0 Å². The third-order valence-electron chi connectivity index (χ3n) is 2.16. The number of hydrogen-bond donors (Lipinski definition) is 1. The Morgan fingerprint density at radius 2 is 2.35 bits per heavy atom. The molecule has 0 spiro atoms. The second-order valence-corrected chi connectivity index (χ2v) is 4.36. The average Bonchev–Trinajstić information content (AvgIpc) is 2.94. The number of aromatic nitrogens is 3. The molecule has 3 rings (SSSR count). The van der Waals surface area contributed by atoms with Gasteiger partial charge in [0.15, 0.2) is 11.0 Å². The molecule has 1 aromatic carbocycles. The SMILES string of the molecule is Fc1ccc2nc(NCc3ncon3)sc2c1. The Morgan fingerprint density at radius 3 is 3.18 bits per heavy atom. The quantitative estimate of drug-likeness (QED) is 0.773. The molecule has 0 amide bonds. The van der Waals surface area contributed by atoms with Crippen molar-refractivity contribution in [1.82, 2.24) is 15.1 Å². The van der Waals surface area contributed by atoms with Crippen LogP contribution in [0.3, 0.4) is 0 Å². The molecule has 86 valence electrons. The average molecular weight is 250 g/mol. The summed E-state index contributed by atoms with van der Waals surface area (Å²) in [6, 6.07) is 4.51. The number of fused-ring (bicyclic) bond motifs is 1. The van der Waals surface area contributed by atoms with Gasteiger partial charge in [-0.1, -0.05) is 16.5 Å². The maximum Gasteiger partial charge on any atom is 0.213 e. The lowest BCUT2D eigenvalue weighted by Gasteiger charge is -1.95. The van der Waals surface area contributed by atoms with Gasteiger partial charge in [-0.25, -0.2) is 9.37 Å². The van der Waals surface area contributed by atoms with E-state index in [-0.39, 0.29) is 5.82 Å². The van der Waals surface area contributed by atoms with E-state index in [2.05, 4.69) is 25.0 Å². The zero-order valence-corrected chi connectivity index (χ0v) is 9.37. The molecule has 0 saturated heterocycles. The van der Waals surface area contributed by atoms with Crippen molar-refractivity contribution in [3.63, 3.8) is 0 Å². The number of rotatable bonds is 3. The van der Waals surface area contributed by atoms with Crippen LogP contribution in [-0.2, 0) is 6.54 Å². The fourth-order valence-electron chi connectivity index (χ4n) is 1.40. The van der Waals surface area contributed by atoms with E-state index in [4.69, 9.17) is 0 Å². The summed E-state index contributed by atoms with van der Waals surface area (Å²) < 4.78 is 18.4. The van der Waals surface area contributed by atoms with E-state index in [9.17, 15) is 4.39 Å². The first-order valence-corrected chi connectivity index (χ1v) is 5.68. The van der Waals surface area contributed by atoms with Gasteiger partial charge in [-0.05, 0) is 18.2 Å². The van der Waals surface area contributed by atoms with Crippen molar-refractivity contribution in [2.45, 2.75) is 6.54 Å². The summed E-state index contributed by atoms with van der Waals surface area (Å²) in [6.07, 6.45) is 1.27. The van der Waals surface area contributed by atoms with Crippen LogP contribution < -0.4 is 5.32 Å². The molecule has 0 aliphatic heterocycles. The van der Waals surface area contributed by atoms with Crippen LogP contribution in [0.15, 0.2) is 29.1 Å². The van der Waals surface area contributed by atoms with Crippen molar-refractivity contribution in [1.29, 1.82) is 0 Å². The normalized spacial score (nSPS) is 10.9. The standard InChI is InChI=1S/C10H7FN4OS/c11-6-1-2-7-8(3-6)17-10(14-7)12-4-9-13-5-16-15-9/h1-3,5H,4H2,(H,12,14). The number of thiazole rings is 1. The van der Waals surface area contributed by atoms with Gasteiger partial charge in [-0.2, -0.15) is 4.98 Å². The fraction of sp³-hybridized carbons (Fsp3) is 0.100. The van der Waals surface area contributed by atoms with Gasteiger partial charge in [0.25, 0.3) is 0 Å². The van der Waals surface area contributed by atoms with Crippen molar-refractivity contribution >= 4 is 26.7 Å². The molecule has 0 atom stereocenters. The summed E-state index contributed by atoms with van der Waals surface area (Å²) in [5.41, 5.74) is 0.770. The lowest BCUT2D eigenvalue weighted by molar-refractivity contribution is 0.411. The van der Waals surface area contributed by atoms with Gasteiger partial charge in [0.2, 0.25) is 6.39 Å². The van der Waals surface area contributed by atoms with Gasteiger partial charge < -0.3 is 9.84 Å². The maximum atomic E-state index is 13.0. The number of nitrogens with one attached hydrogen (secondary N) is 1. The Bertz CT molecular complexity index is 637. The molecule has 0 aliphatic carbocycles. The largest absolute Gasteiger partial charge is 0.354 e. The predicted octanol–water partition coefficient (Wildman–Crippen LogP) is 2.43. The van der Waals surface area contributed by atoms with E-state index in [0.29, 0.717) is 17.5 Å². The van der Waals surface area contributed by atoms with Crippen molar-refractivity contribution in [3.8, 4) is 0 Å². The molecule has 7 heteroatoms. The summed E-state index contributed by atoms with van der Waals surface area (Å²) in [5.74, 6) is 0.293. The Kier molecular flexibility index (Phi) is 2.45. The smallest absolute Gasteiger partial charge is 0.213 e. The van der Waals surface area contributed by atoms with Crippen LogP contribution in [0.5, 0.6) is 0 Å². The first-order valence-electron chi connectivity index (χ1n) is 4.86. The summed E-state index contributed by atoms with van der Waals surface area (Å²) in [7, 11) is 0. The lowest BCUT2D eigenvalue weighted by atomic mass is 10.3. The Hall–Kier alpha value is -2.02. The first kappa shape index (κ1) is 10.2. The molecule has 2 heterocycles. The Morgan fingerprint density at radius 1 is 1.41 bits per heavy atom. The molecule has 17 heavy (non-hydrogen) atoms. The topological polar surface area (TPSA) is 63.8 Å². The third-order valence-corrected chi connectivity index (χ3v) is 3.13. The van der Waals surface area contributed by atoms with Crippen LogP contribution in [0.4, 0.5) is 9.52 Å². The molecular formula is C10H7FN4OS. The minimum atomic E-state index is -0.258. The molecule has 5 nitrogen and oxygen atoms in total. The molecule has 3 aromatic rings. The minimum Gasteiger partial charge on any atom is -0.354 e. The van der Waals surface area contributed by atoms with Crippen LogP contribution in [0.25, 0.3) is 10.2 Å². The zero-order chi connectivity index (χ0) is 11.7. The summed E-state index contributed by atoms with van der Waals surface area (Å²) >= 11 is 1.38. The predicted molar refractivity (Wildman–Crippen MR) is 61.2 cm³/mol. The molecule has 0 radical (unpaired) electrons. The van der Waals surface area contributed by atoms with Crippen LogP contribution in [0.1, 0.15) is 5.82 Å². The molecule has 0 unspecified atom stereocenters. The molecule has 0 fully saturated rings.